The van der Waals surface area contributed by atoms with Crippen LogP contribution in [0.2, 0.25) is 0 Å². The molecule has 0 radical (unpaired) electrons. The zero-order chi connectivity index (χ0) is 9.80. The first kappa shape index (κ1) is 9.68. The third kappa shape index (κ3) is 2.33. The van der Waals surface area contributed by atoms with E-state index in [2.05, 4.69) is 22.2 Å². The topological polar surface area (TPSA) is 33.1 Å². The summed E-state index contributed by atoms with van der Waals surface area (Å²) in [5, 5.41) is 7.61. The predicted molar refractivity (Wildman–Crippen MR) is 56.2 cm³/mol. The zero-order valence-electron chi connectivity index (χ0n) is 8.69. The van der Waals surface area contributed by atoms with Crippen molar-refractivity contribution in [1.29, 1.82) is 0 Å². The van der Waals surface area contributed by atoms with Gasteiger partial charge in [-0.3, -0.25) is 9.58 Å². The summed E-state index contributed by atoms with van der Waals surface area (Å²) in [6, 6.07) is 2.46. The minimum Gasteiger partial charge on any atom is -0.314 e. The van der Waals surface area contributed by atoms with Crippen LogP contribution in [0.25, 0.3) is 0 Å². The number of nitrogens with zero attached hydrogens (tertiary/aromatic N) is 3. The van der Waals surface area contributed by atoms with Crippen LogP contribution in [0.5, 0.6) is 0 Å². The van der Waals surface area contributed by atoms with E-state index in [0.29, 0.717) is 6.04 Å². The van der Waals surface area contributed by atoms with Gasteiger partial charge in [-0.05, 0) is 13.0 Å². The lowest BCUT2D eigenvalue weighted by Crippen LogP contribution is -2.45. The lowest BCUT2D eigenvalue weighted by atomic mass is 10.3. The predicted octanol–water partition coefficient (Wildman–Crippen LogP) is 0.349. The number of aromatic nitrogens is 2. The Labute approximate surface area is 84.9 Å². The maximum absolute atomic E-state index is 4.26. The first-order valence-electron chi connectivity index (χ1n) is 5.28. The zero-order valence-corrected chi connectivity index (χ0v) is 8.69. The standard InChI is InChI=1S/C10H18N4/c1-10(14-6-2-3-12-14)9-13-7-4-11-5-8-13/h2-3,6,10-11H,4-5,7-9H2,1H3. The smallest absolute Gasteiger partial charge is 0.0617 e. The molecule has 1 fully saturated rings. The molecule has 1 aromatic heterocycles. The third-order valence-corrected chi connectivity index (χ3v) is 2.71. The van der Waals surface area contributed by atoms with Crippen LogP contribution < -0.4 is 5.32 Å². The average Bonchev–Trinajstić information content (AvgIpc) is 2.72. The number of rotatable bonds is 3. The number of nitrogens with one attached hydrogen (secondary N) is 1. The molecule has 1 aliphatic rings. The Kier molecular flexibility index (Phi) is 3.16. The van der Waals surface area contributed by atoms with Crippen molar-refractivity contribution in [3.8, 4) is 0 Å². The average molecular weight is 194 g/mol. The molecule has 0 spiro atoms. The van der Waals surface area contributed by atoms with Crippen LogP contribution in [0.3, 0.4) is 0 Å². The first-order valence-corrected chi connectivity index (χ1v) is 5.28. The summed E-state index contributed by atoms with van der Waals surface area (Å²) in [5.41, 5.74) is 0. The Balaban J connectivity index is 1.84. The van der Waals surface area contributed by atoms with Crippen molar-refractivity contribution >= 4 is 0 Å². The van der Waals surface area contributed by atoms with Crippen molar-refractivity contribution < 1.29 is 0 Å². The Morgan fingerprint density at radius 3 is 2.86 bits per heavy atom. The van der Waals surface area contributed by atoms with E-state index >= 15 is 0 Å². The van der Waals surface area contributed by atoms with Crippen LogP contribution in [0.1, 0.15) is 13.0 Å². The third-order valence-electron chi connectivity index (χ3n) is 2.71. The van der Waals surface area contributed by atoms with Gasteiger partial charge in [0, 0.05) is 45.1 Å². The van der Waals surface area contributed by atoms with E-state index in [0.717, 1.165) is 32.7 Å². The minimum atomic E-state index is 0.475. The minimum absolute atomic E-state index is 0.475. The summed E-state index contributed by atoms with van der Waals surface area (Å²) < 4.78 is 2.03. The van der Waals surface area contributed by atoms with Gasteiger partial charge in [0.2, 0.25) is 0 Å². The first-order chi connectivity index (χ1) is 6.86. The van der Waals surface area contributed by atoms with E-state index in [1.807, 2.05) is 23.1 Å². The maximum atomic E-state index is 4.26. The molecule has 2 rings (SSSR count). The highest BCUT2D eigenvalue weighted by atomic mass is 15.3. The fourth-order valence-corrected chi connectivity index (χ4v) is 1.89. The van der Waals surface area contributed by atoms with Crippen LogP contribution >= 0.6 is 0 Å². The molecule has 14 heavy (non-hydrogen) atoms. The Hall–Kier alpha value is -0.870. The van der Waals surface area contributed by atoms with Gasteiger partial charge in [0.25, 0.3) is 0 Å². The second kappa shape index (κ2) is 4.57. The number of hydrogen-bond acceptors (Lipinski definition) is 3. The highest BCUT2D eigenvalue weighted by Gasteiger charge is 2.13. The van der Waals surface area contributed by atoms with E-state index in [-0.39, 0.29) is 0 Å². The Bertz CT molecular complexity index is 251. The molecule has 0 aromatic carbocycles. The van der Waals surface area contributed by atoms with Crippen molar-refractivity contribution in [2.75, 3.05) is 32.7 Å². The van der Waals surface area contributed by atoms with E-state index in [1.165, 1.54) is 0 Å². The fraction of sp³-hybridized carbons (Fsp3) is 0.700. The molecule has 4 nitrogen and oxygen atoms in total. The molecule has 1 unspecified atom stereocenters. The molecular weight excluding hydrogens is 176 g/mol. The monoisotopic (exact) mass is 194 g/mol. The fourth-order valence-electron chi connectivity index (χ4n) is 1.89. The highest BCUT2D eigenvalue weighted by molar-refractivity contribution is 4.82. The molecule has 1 N–H and O–H groups in total. The molecule has 1 aromatic rings. The van der Waals surface area contributed by atoms with Gasteiger partial charge in [-0.25, -0.2) is 0 Å². The van der Waals surface area contributed by atoms with Crippen molar-refractivity contribution in [1.82, 2.24) is 20.0 Å². The van der Waals surface area contributed by atoms with Gasteiger partial charge < -0.3 is 5.32 Å². The van der Waals surface area contributed by atoms with Crippen LogP contribution in [-0.2, 0) is 0 Å². The summed E-state index contributed by atoms with van der Waals surface area (Å²) in [4.78, 5) is 2.49. The van der Waals surface area contributed by atoms with Crippen molar-refractivity contribution in [3.63, 3.8) is 0 Å². The Morgan fingerprint density at radius 2 is 2.21 bits per heavy atom. The summed E-state index contributed by atoms with van der Waals surface area (Å²) in [6.07, 6.45) is 3.88. The van der Waals surface area contributed by atoms with Crippen molar-refractivity contribution in [2.45, 2.75) is 13.0 Å². The summed E-state index contributed by atoms with van der Waals surface area (Å²) in [7, 11) is 0. The van der Waals surface area contributed by atoms with Crippen molar-refractivity contribution in [2.24, 2.45) is 0 Å². The van der Waals surface area contributed by atoms with Crippen LogP contribution in [0.15, 0.2) is 18.5 Å². The molecule has 0 amide bonds. The summed E-state index contributed by atoms with van der Waals surface area (Å²) >= 11 is 0. The highest BCUT2D eigenvalue weighted by Crippen LogP contribution is 2.06. The number of piperazine rings is 1. The molecular formula is C10H18N4. The number of hydrogen-bond donors (Lipinski definition) is 1. The molecule has 2 heterocycles. The largest absolute Gasteiger partial charge is 0.314 e. The second-order valence-electron chi connectivity index (χ2n) is 3.89. The molecule has 0 saturated carbocycles. The van der Waals surface area contributed by atoms with Gasteiger partial charge in [0.15, 0.2) is 0 Å². The molecule has 0 bridgehead atoms. The second-order valence-corrected chi connectivity index (χ2v) is 3.89. The molecule has 78 valence electrons. The van der Waals surface area contributed by atoms with Crippen LogP contribution in [0, 0.1) is 0 Å². The molecule has 1 atom stereocenters. The van der Waals surface area contributed by atoms with E-state index < -0.39 is 0 Å². The molecule has 1 saturated heterocycles. The Morgan fingerprint density at radius 1 is 1.43 bits per heavy atom. The van der Waals surface area contributed by atoms with Gasteiger partial charge in [0.05, 0.1) is 6.04 Å². The normalized spacial score (nSPS) is 20.9. The molecule has 4 heteroatoms. The van der Waals surface area contributed by atoms with Crippen molar-refractivity contribution in [3.05, 3.63) is 18.5 Å². The summed E-state index contributed by atoms with van der Waals surface area (Å²) in [6.45, 7) is 7.87. The van der Waals surface area contributed by atoms with Gasteiger partial charge in [0.1, 0.15) is 0 Å². The van der Waals surface area contributed by atoms with E-state index in [1.54, 1.807) is 0 Å². The quantitative estimate of drug-likeness (QED) is 0.753. The summed E-state index contributed by atoms with van der Waals surface area (Å²) in [5.74, 6) is 0. The molecule has 1 aliphatic heterocycles. The van der Waals surface area contributed by atoms with Crippen LogP contribution in [-0.4, -0.2) is 47.4 Å². The lowest BCUT2D eigenvalue weighted by Gasteiger charge is -2.29. The van der Waals surface area contributed by atoms with Crippen LogP contribution in [0.4, 0.5) is 0 Å². The van der Waals surface area contributed by atoms with E-state index in [9.17, 15) is 0 Å². The lowest BCUT2D eigenvalue weighted by molar-refractivity contribution is 0.207. The molecule has 0 aliphatic carbocycles. The SMILES string of the molecule is CC(CN1CCNCC1)n1cccn1. The van der Waals surface area contributed by atoms with Gasteiger partial charge >= 0.3 is 0 Å². The van der Waals surface area contributed by atoms with Gasteiger partial charge in [-0.2, -0.15) is 5.10 Å². The van der Waals surface area contributed by atoms with Gasteiger partial charge in [-0.15, -0.1) is 0 Å². The van der Waals surface area contributed by atoms with Gasteiger partial charge in [-0.1, -0.05) is 0 Å². The maximum Gasteiger partial charge on any atom is 0.0617 e. The van der Waals surface area contributed by atoms with E-state index in [4.69, 9.17) is 0 Å².